The predicted octanol–water partition coefficient (Wildman–Crippen LogP) is 4.47. The zero-order valence-electron chi connectivity index (χ0n) is 44.5. The van der Waals surface area contributed by atoms with Crippen molar-refractivity contribution >= 4 is 56.4 Å². The number of hydrogen-bond acceptors (Lipinski definition) is 16. The Morgan fingerprint density at radius 2 is 1.47 bits per heavy atom. The third-order valence-corrected chi connectivity index (χ3v) is 13.3. The van der Waals surface area contributed by atoms with Gasteiger partial charge in [-0.25, -0.2) is 23.4 Å². The largest absolute Gasteiger partial charge is 0.487 e. The van der Waals surface area contributed by atoms with Crippen molar-refractivity contribution in [3.8, 4) is 5.75 Å². The Labute approximate surface area is 437 Å². The smallest absolute Gasteiger partial charge is 0.407 e. The van der Waals surface area contributed by atoms with E-state index in [1.807, 2.05) is 20.8 Å². The first-order valence-corrected chi connectivity index (χ1v) is 26.4. The number of rotatable bonds is 31. The Kier molecular flexibility index (Phi) is 23.7. The van der Waals surface area contributed by atoms with E-state index < -0.39 is 75.2 Å². The second-order valence-corrected chi connectivity index (χ2v) is 21.2. The molecule has 0 fully saturated rings. The van der Waals surface area contributed by atoms with Crippen molar-refractivity contribution in [1.82, 2.24) is 31.5 Å². The molecular formula is C50H74N10O14S. The number of nitrogens with zero attached hydrogens (tertiary/aromatic N) is 3. The summed E-state index contributed by atoms with van der Waals surface area (Å²) in [7, 11) is -4.07. The van der Waals surface area contributed by atoms with E-state index in [2.05, 4.69) is 46.9 Å². The summed E-state index contributed by atoms with van der Waals surface area (Å²) in [6.45, 7) is 17.3. The summed E-state index contributed by atoms with van der Waals surface area (Å²) < 4.78 is 60.4. The molecule has 414 valence electrons. The van der Waals surface area contributed by atoms with E-state index in [-0.39, 0.29) is 88.8 Å². The number of carbonyl (C=O) groups is 5. The van der Waals surface area contributed by atoms with Crippen molar-refractivity contribution in [2.45, 2.75) is 135 Å². The minimum absolute atomic E-state index is 0.00360. The van der Waals surface area contributed by atoms with Crippen molar-refractivity contribution in [3.63, 3.8) is 0 Å². The van der Waals surface area contributed by atoms with Crippen LogP contribution in [-0.4, -0.2) is 127 Å². The highest BCUT2D eigenvalue weighted by molar-refractivity contribution is 7.89. The Morgan fingerprint density at radius 1 is 0.813 bits per heavy atom. The lowest BCUT2D eigenvalue weighted by Gasteiger charge is -2.21. The van der Waals surface area contributed by atoms with Crippen LogP contribution in [0, 0.1) is 27.7 Å². The van der Waals surface area contributed by atoms with Gasteiger partial charge in [-0.1, -0.05) is 5.11 Å². The molecule has 3 aromatic rings. The van der Waals surface area contributed by atoms with Gasteiger partial charge < -0.3 is 54.7 Å². The highest BCUT2D eigenvalue weighted by Gasteiger charge is 2.36. The molecule has 24 nitrogen and oxygen atoms in total. The number of amides is 5. The summed E-state index contributed by atoms with van der Waals surface area (Å²) in [5.74, 6) is -1.89. The Bertz CT molecular complexity index is 2700. The number of anilines is 1. The van der Waals surface area contributed by atoms with Crippen LogP contribution in [0.3, 0.4) is 0 Å². The van der Waals surface area contributed by atoms with E-state index in [1.54, 1.807) is 53.7 Å². The lowest BCUT2D eigenvalue weighted by atomic mass is 9.94. The van der Waals surface area contributed by atoms with E-state index in [1.165, 1.54) is 12.1 Å². The molecule has 1 aromatic heterocycles. The van der Waals surface area contributed by atoms with Gasteiger partial charge in [-0.05, 0) is 134 Å². The number of unbranched alkanes of at least 4 members (excludes halogenated alkanes) is 1. The molecule has 2 unspecified atom stereocenters. The maximum Gasteiger partial charge on any atom is 0.407 e. The first kappa shape index (κ1) is 61.2. The number of hydrazine groups is 1. The third kappa shape index (κ3) is 20.4. The molecule has 5 amide bonds. The average Bonchev–Trinajstić information content (AvgIpc) is 3.66. The zero-order valence-corrected chi connectivity index (χ0v) is 45.3. The maximum atomic E-state index is 13.7. The van der Waals surface area contributed by atoms with Crippen molar-refractivity contribution < 1.29 is 60.5 Å². The van der Waals surface area contributed by atoms with Crippen molar-refractivity contribution in [2.24, 2.45) is 5.11 Å². The topological polar surface area (TPSA) is 329 Å². The van der Waals surface area contributed by atoms with Gasteiger partial charge in [-0.3, -0.25) is 19.2 Å². The van der Waals surface area contributed by atoms with Crippen LogP contribution in [0.5, 0.6) is 5.75 Å². The molecule has 0 radical (unpaired) electrons. The summed E-state index contributed by atoms with van der Waals surface area (Å²) in [4.78, 5) is 83.6. The normalized spacial score (nSPS) is 13.7. The van der Waals surface area contributed by atoms with Gasteiger partial charge in [0, 0.05) is 66.2 Å². The van der Waals surface area contributed by atoms with Crippen LogP contribution in [0.1, 0.15) is 101 Å². The fraction of sp³-hybridized carbons (Fsp3) is 0.600. The number of carbonyl (C=O) groups excluding carboxylic acids is 5. The number of azide groups is 1. The van der Waals surface area contributed by atoms with Crippen LogP contribution >= 0.6 is 0 Å². The van der Waals surface area contributed by atoms with Gasteiger partial charge >= 0.3 is 11.7 Å². The van der Waals surface area contributed by atoms with Gasteiger partial charge in [0.2, 0.25) is 23.6 Å². The molecule has 4 rings (SSSR count). The van der Waals surface area contributed by atoms with E-state index in [0.717, 1.165) is 11.1 Å². The van der Waals surface area contributed by atoms with Gasteiger partial charge in [0.15, 0.2) is 0 Å². The van der Waals surface area contributed by atoms with Crippen molar-refractivity contribution in [1.29, 1.82) is 0 Å². The fourth-order valence-electron chi connectivity index (χ4n) is 8.05. The first-order chi connectivity index (χ1) is 35.4. The number of sulfonamides is 1. The number of alkyl carbamates (subject to hydrolysis) is 1. The average molecular weight is 1070 g/mol. The SMILES string of the molecule is Cc1c(C)c(S(=O)(=O)NNCCCC(NC(=O)CCOCCOCCOCCN=[N+]=[N-])C(=O)NCC(=O)NC(CCCCNC(=O)OC(C)(C)C)C(=O)Nc2ccc3c(C)cc(=O)oc3c2)c(C)c2c1OC(C)(C)C2. The molecular weight excluding hydrogens is 997 g/mol. The zero-order chi connectivity index (χ0) is 55.3. The van der Waals surface area contributed by atoms with Gasteiger partial charge in [0.05, 0.1) is 51.1 Å². The van der Waals surface area contributed by atoms with Crippen LogP contribution in [-0.2, 0) is 54.6 Å². The minimum atomic E-state index is -4.07. The minimum Gasteiger partial charge on any atom is -0.487 e. The summed E-state index contributed by atoms with van der Waals surface area (Å²) in [6.07, 6.45) is 0.935. The summed E-state index contributed by atoms with van der Waals surface area (Å²) in [6, 6.07) is 3.87. The molecule has 0 saturated carbocycles. The number of hydrogen-bond donors (Lipinski definition) is 7. The molecule has 0 bridgehead atoms. The fourth-order valence-corrected chi connectivity index (χ4v) is 9.52. The quantitative estimate of drug-likeness (QED) is 0.0117. The lowest BCUT2D eigenvalue weighted by molar-refractivity contribution is -0.131. The maximum absolute atomic E-state index is 13.7. The van der Waals surface area contributed by atoms with Crippen molar-refractivity contribution in [2.75, 3.05) is 71.1 Å². The number of nitrogens with one attached hydrogen (secondary N) is 7. The van der Waals surface area contributed by atoms with Gasteiger partial charge in [-0.15, -0.1) is 4.83 Å². The summed E-state index contributed by atoms with van der Waals surface area (Å²) in [5.41, 5.74) is 13.3. The van der Waals surface area contributed by atoms with Gasteiger partial charge in [0.25, 0.3) is 10.0 Å². The van der Waals surface area contributed by atoms with Gasteiger partial charge in [-0.2, -0.15) is 0 Å². The van der Waals surface area contributed by atoms with Gasteiger partial charge in [0.1, 0.15) is 34.6 Å². The predicted molar refractivity (Wildman–Crippen MR) is 279 cm³/mol. The van der Waals surface area contributed by atoms with Crippen LogP contribution in [0.15, 0.2) is 43.5 Å². The molecule has 1 aliphatic rings. The molecule has 25 heteroatoms. The molecule has 2 aromatic carbocycles. The van der Waals surface area contributed by atoms with E-state index in [4.69, 9.17) is 33.6 Å². The standard InChI is InChI=1S/C50H74N10O14S/c1-31-27-43(63)72-40-28-35(15-16-36(31)40)56-47(65)39(13-10-11-18-52-48(66)74-49(5,6)7)58-42(62)30-53-46(64)38(57-41(61)17-21-69-23-25-71-26-24-70-22-20-54-59-51)14-12-19-55-60-75(67,68)45-33(3)32(2)44-37(34(45)4)29-50(8,9)73-44/h15-16,27-28,38-39,55,60H,10-14,17-26,29-30H2,1-9H3,(H,52,66)(H,53,64)(H,56,65)(H,57,61)(H,58,62). The second kappa shape index (κ2) is 29.1. The molecule has 0 saturated heterocycles. The highest BCUT2D eigenvalue weighted by Crippen LogP contribution is 2.43. The molecule has 2 atom stereocenters. The highest BCUT2D eigenvalue weighted by atomic mass is 32.2. The number of aryl methyl sites for hydroxylation is 1. The second-order valence-electron chi connectivity index (χ2n) is 19.6. The third-order valence-electron chi connectivity index (χ3n) is 11.7. The summed E-state index contributed by atoms with van der Waals surface area (Å²) >= 11 is 0. The molecule has 75 heavy (non-hydrogen) atoms. The molecule has 1 aliphatic heterocycles. The molecule has 7 N–H and O–H groups in total. The van der Waals surface area contributed by atoms with E-state index >= 15 is 0 Å². The van der Waals surface area contributed by atoms with E-state index in [9.17, 15) is 37.2 Å². The first-order valence-electron chi connectivity index (χ1n) is 24.9. The van der Waals surface area contributed by atoms with E-state index in [0.29, 0.717) is 59.4 Å². The van der Waals surface area contributed by atoms with Crippen molar-refractivity contribution in [3.05, 3.63) is 72.9 Å². The van der Waals surface area contributed by atoms with Crippen LogP contribution in [0.4, 0.5) is 10.5 Å². The monoisotopic (exact) mass is 1070 g/mol. The molecule has 2 heterocycles. The van der Waals surface area contributed by atoms with Crippen LogP contribution in [0.2, 0.25) is 0 Å². The lowest BCUT2D eigenvalue weighted by Crippen LogP contribution is -2.51. The summed E-state index contributed by atoms with van der Waals surface area (Å²) in [5, 5.41) is 17.4. The number of ether oxygens (including phenoxy) is 5. The molecule has 0 spiro atoms. The number of fused-ring (bicyclic) bond motifs is 2. The number of benzene rings is 2. The Hall–Kier alpha value is -6.34. The van der Waals surface area contributed by atoms with Crippen LogP contribution < -0.4 is 47.2 Å². The van der Waals surface area contributed by atoms with Crippen LogP contribution in [0.25, 0.3) is 21.4 Å². The molecule has 0 aliphatic carbocycles. The Balaban J connectivity index is 1.38. The Morgan fingerprint density at radius 3 is 2.16 bits per heavy atom.